The molecule has 0 heterocycles. The number of carbonyl (C=O) groups is 2. The van der Waals surface area contributed by atoms with E-state index >= 15 is 0 Å². The molecule has 1 unspecified atom stereocenters. The molecule has 392 valence electrons. The Morgan fingerprint density at radius 3 is 0.956 bits per heavy atom. The first-order valence-corrected chi connectivity index (χ1v) is 29.1. The molecule has 0 aliphatic carbocycles. The molecular formula is C63H110O5. The summed E-state index contributed by atoms with van der Waals surface area (Å²) in [7, 11) is 0. The summed E-state index contributed by atoms with van der Waals surface area (Å²) in [5.41, 5.74) is 0. The summed E-state index contributed by atoms with van der Waals surface area (Å²) >= 11 is 0. The summed E-state index contributed by atoms with van der Waals surface area (Å²) in [6.45, 7) is 4.03. The van der Waals surface area contributed by atoms with Gasteiger partial charge in [0.05, 0.1) is 6.61 Å². The van der Waals surface area contributed by atoms with Crippen LogP contribution in [0.2, 0.25) is 0 Å². The minimum atomic E-state index is -0.794. The molecule has 1 N–H and O–H groups in total. The lowest BCUT2D eigenvalue weighted by Crippen LogP contribution is -2.28. The van der Waals surface area contributed by atoms with Gasteiger partial charge in [-0.25, -0.2) is 0 Å². The Bertz CT molecular complexity index is 1250. The number of rotatable bonds is 53. The quantitative estimate of drug-likeness (QED) is 0.0374. The molecule has 0 bridgehead atoms. The van der Waals surface area contributed by atoms with Crippen molar-refractivity contribution >= 4 is 11.9 Å². The van der Waals surface area contributed by atoms with Gasteiger partial charge in [-0.05, 0) is 70.6 Å². The molecule has 5 heteroatoms. The third kappa shape index (κ3) is 55.7. The molecule has 0 aliphatic heterocycles. The zero-order valence-electron chi connectivity index (χ0n) is 44.9. The van der Waals surface area contributed by atoms with Crippen LogP contribution in [0.25, 0.3) is 0 Å². The fourth-order valence-corrected chi connectivity index (χ4v) is 8.36. The Labute approximate surface area is 422 Å². The normalized spacial score (nSPS) is 12.8. The topological polar surface area (TPSA) is 72.8 Å². The molecule has 0 aromatic carbocycles. The van der Waals surface area contributed by atoms with Gasteiger partial charge in [-0.2, -0.15) is 0 Å². The maximum absolute atomic E-state index is 12.3. The molecule has 5 nitrogen and oxygen atoms in total. The molecule has 0 aromatic rings. The predicted octanol–water partition coefficient (Wildman–Crippen LogP) is 19.8. The van der Waals surface area contributed by atoms with Gasteiger partial charge in [-0.1, -0.05) is 285 Å². The number of allylic oxidation sites excluding steroid dienone is 14. The fourth-order valence-electron chi connectivity index (χ4n) is 8.36. The zero-order valence-corrected chi connectivity index (χ0v) is 44.9. The first kappa shape index (κ1) is 65.1. The highest BCUT2D eigenvalue weighted by molar-refractivity contribution is 5.70. The number of unbranched alkanes of at least 4 members (excludes halogenated alkanes) is 31. The summed E-state index contributed by atoms with van der Waals surface area (Å²) in [5, 5.41) is 9.65. The van der Waals surface area contributed by atoms with Gasteiger partial charge in [0, 0.05) is 12.8 Å². The first-order chi connectivity index (χ1) is 33.6. The van der Waals surface area contributed by atoms with E-state index in [1.54, 1.807) is 0 Å². The average molecular weight is 948 g/mol. The van der Waals surface area contributed by atoms with E-state index in [4.69, 9.17) is 9.47 Å². The Morgan fingerprint density at radius 2 is 0.632 bits per heavy atom. The van der Waals surface area contributed by atoms with Gasteiger partial charge < -0.3 is 14.6 Å². The van der Waals surface area contributed by atoms with E-state index in [0.717, 1.165) is 89.9 Å². The van der Waals surface area contributed by atoms with Crippen molar-refractivity contribution in [3.05, 3.63) is 85.1 Å². The Kier molecular flexibility index (Phi) is 55.9. The fraction of sp³-hybridized carbons (Fsp3) is 0.746. The Morgan fingerprint density at radius 1 is 0.353 bits per heavy atom. The lowest BCUT2D eigenvalue weighted by atomic mass is 10.0. The summed E-state index contributed by atoms with van der Waals surface area (Å²) < 4.78 is 10.7. The molecule has 0 spiro atoms. The molecule has 0 rings (SSSR count). The lowest BCUT2D eigenvalue weighted by Gasteiger charge is -2.15. The molecule has 0 amide bonds. The smallest absolute Gasteiger partial charge is 0.306 e. The molecule has 0 radical (unpaired) electrons. The molecule has 0 fully saturated rings. The summed E-state index contributed by atoms with van der Waals surface area (Å²) in [4.78, 5) is 24.5. The van der Waals surface area contributed by atoms with Crippen LogP contribution in [0.5, 0.6) is 0 Å². The standard InChI is InChI=1S/C63H110O5/c1-3-5-7-9-11-13-15-17-19-21-23-25-27-29-30-31-32-34-35-37-39-41-43-45-47-49-51-53-55-57-62(65)67-60-61(59-64)68-63(66)58-56-54-52-50-48-46-44-42-40-38-36-33-28-26-24-22-20-18-16-14-12-10-8-6-4-2/h6,8,12,14,18,20,24,26,33,36,40,42,46,48,61,64H,3-5,7,9-11,13,15-17,19,21-23,25,27-32,34-35,37-39,41,43-45,47,49-60H2,1-2H3/b8-6-,14-12-,20-18-,26-24-,36-33-,42-40-,48-46-. The van der Waals surface area contributed by atoms with E-state index in [1.165, 1.54) is 167 Å². The lowest BCUT2D eigenvalue weighted by molar-refractivity contribution is -0.161. The van der Waals surface area contributed by atoms with Crippen LogP contribution in [-0.4, -0.2) is 36.4 Å². The minimum Gasteiger partial charge on any atom is -0.462 e. The van der Waals surface area contributed by atoms with E-state index in [9.17, 15) is 14.7 Å². The number of aliphatic hydroxyl groups excluding tert-OH is 1. The third-order valence-corrected chi connectivity index (χ3v) is 12.7. The van der Waals surface area contributed by atoms with Gasteiger partial charge in [-0.15, -0.1) is 0 Å². The van der Waals surface area contributed by atoms with Crippen LogP contribution in [0.4, 0.5) is 0 Å². The van der Waals surface area contributed by atoms with Crippen molar-refractivity contribution in [2.45, 2.75) is 290 Å². The molecular weight excluding hydrogens is 837 g/mol. The summed E-state index contributed by atoms with van der Waals surface area (Å²) in [6, 6.07) is 0. The van der Waals surface area contributed by atoms with Gasteiger partial charge in [0.25, 0.3) is 0 Å². The number of esters is 2. The van der Waals surface area contributed by atoms with Crippen molar-refractivity contribution in [1.82, 2.24) is 0 Å². The van der Waals surface area contributed by atoms with Crippen LogP contribution >= 0.6 is 0 Å². The number of ether oxygens (including phenoxy) is 2. The average Bonchev–Trinajstić information content (AvgIpc) is 3.34. The highest BCUT2D eigenvalue weighted by Gasteiger charge is 2.16. The molecule has 0 saturated heterocycles. The number of hydrogen-bond donors (Lipinski definition) is 1. The van der Waals surface area contributed by atoms with E-state index in [-0.39, 0.29) is 25.2 Å². The van der Waals surface area contributed by atoms with Crippen molar-refractivity contribution < 1.29 is 24.2 Å². The van der Waals surface area contributed by atoms with Crippen LogP contribution in [0.3, 0.4) is 0 Å². The first-order valence-electron chi connectivity index (χ1n) is 29.1. The highest BCUT2D eigenvalue weighted by atomic mass is 16.6. The number of hydrogen-bond acceptors (Lipinski definition) is 5. The highest BCUT2D eigenvalue weighted by Crippen LogP contribution is 2.17. The van der Waals surface area contributed by atoms with Crippen molar-refractivity contribution in [2.75, 3.05) is 13.2 Å². The van der Waals surface area contributed by atoms with Gasteiger partial charge in [0.1, 0.15) is 6.61 Å². The Hall–Kier alpha value is -2.92. The SMILES string of the molecule is CC/C=C\C/C=C\C/C=C\C/C=C\C/C=C\C/C=C\C/C=C\CCCCCC(=O)OC(CO)COC(=O)CCCCCCCCCCCCCCCCCCCCCCCCCCCCCCC. The maximum atomic E-state index is 12.3. The van der Waals surface area contributed by atoms with Crippen molar-refractivity contribution in [2.24, 2.45) is 0 Å². The van der Waals surface area contributed by atoms with Crippen molar-refractivity contribution in [3.63, 3.8) is 0 Å². The van der Waals surface area contributed by atoms with E-state index in [0.29, 0.717) is 12.8 Å². The van der Waals surface area contributed by atoms with Crippen LogP contribution < -0.4 is 0 Å². The summed E-state index contributed by atoms with van der Waals surface area (Å²) in [5.74, 6) is -0.623. The maximum Gasteiger partial charge on any atom is 0.306 e. The minimum absolute atomic E-state index is 0.0812. The monoisotopic (exact) mass is 947 g/mol. The van der Waals surface area contributed by atoms with E-state index < -0.39 is 6.10 Å². The van der Waals surface area contributed by atoms with Crippen LogP contribution in [0, 0.1) is 0 Å². The van der Waals surface area contributed by atoms with Crippen LogP contribution in [-0.2, 0) is 19.1 Å². The molecule has 1 atom stereocenters. The summed E-state index contributed by atoms with van der Waals surface area (Å²) in [6.07, 6.45) is 81.4. The van der Waals surface area contributed by atoms with Gasteiger partial charge in [0.2, 0.25) is 0 Å². The van der Waals surface area contributed by atoms with Crippen molar-refractivity contribution in [1.29, 1.82) is 0 Å². The second kappa shape index (κ2) is 58.4. The molecule has 0 aliphatic rings. The number of aliphatic hydroxyl groups is 1. The van der Waals surface area contributed by atoms with Gasteiger partial charge in [-0.3, -0.25) is 9.59 Å². The van der Waals surface area contributed by atoms with Crippen LogP contribution in [0.15, 0.2) is 85.1 Å². The van der Waals surface area contributed by atoms with Gasteiger partial charge in [0.15, 0.2) is 6.10 Å². The van der Waals surface area contributed by atoms with Crippen molar-refractivity contribution in [3.8, 4) is 0 Å². The van der Waals surface area contributed by atoms with E-state index in [2.05, 4.69) is 98.9 Å². The zero-order chi connectivity index (χ0) is 49.2. The molecule has 0 saturated carbocycles. The second-order valence-electron chi connectivity index (χ2n) is 19.3. The molecule has 0 aromatic heterocycles. The predicted molar refractivity (Wildman–Crippen MR) is 297 cm³/mol. The third-order valence-electron chi connectivity index (χ3n) is 12.7. The van der Waals surface area contributed by atoms with E-state index in [1.807, 2.05) is 0 Å². The molecule has 68 heavy (non-hydrogen) atoms. The Balaban J connectivity index is 3.52. The van der Waals surface area contributed by atoms with Gasteiger partial charge >= 0.3 is 11.9 Å². The second-order valence-corrected chi connectivity index (χ2v) is 19.3. The van der Waals surface area contributed by atoms with Crippen LogP contribution in [0.1, 0.15) is 284 Å². The number of carbonyl (C=O) groups excluding carboxylic acids is 2. The largest absolute Gasteiger partial charge is 0.462 e.